The van der Waals surface area contributed by atoms with Gasteiger partial charge in [-0.3, -0.25) is 14.5 Å². The number of piperidine rings is 1. The zero-order valence-corrected chi connectivity index (χ0v) is 18.1. The molecule has 0 bridgehead atoms. The Hall–Kier alpha value is -2.41. The Morgan fingerprint density at radius 3 is 2.84 bits per heavy atom. The Balaban J connectivity index is 1.23. The Bertz CT molecular complexity index is 964. The van der Waals surface area contributed by atoms with Crippen molar-refractivity contribution in [3.05, 3.63) is 35.3 Å². The van der Waals surface area contributed by atoms with Crippen LogP contribution in [0.3, 0.4) is 0 Å². The number of aromatic amines is 1. The van der Waals surface area contributed by atoms with Gasteiger partial charge in [0.15, 0.2) is 0 Å². The fraction of sp³-hybridized carbons (Fsp3) is 0.583. The van der Waals surface area contributed by atoms with E-state index < -0.39 is 0 Å². The van der Waals surface area contributed by atoms with Gasteiger partial charge in [0.05, 0.1) is 5.52 Å². The van der Waals surface area contributed by atoms with Crippen LogP contribution in [-0.2, 0) is 4.79 Å². The number of carbonyl (C=O) groups is 2. The van der Waals surface area contributed by atoms with Gasteiger partial charge >= 0.3 is 0 Å². The van der Waals surface area contributed by atoms with Crippen molar-refractivity contribution in [2.45, 2.75) is 70.0 Å². The van der Waals surface area contributed by atoms with Gasteiger partial charge in [0.1, 0.15) is 11.5 Å². The lowest BCUT2D eigenvalue weighted by molar-refractivity contribution is -0.140. The molecule has 3 fully saturated rings. The Kier molecular flexibility index (Phi) is 5.46. The minimum atomic E-state index is -0.311. The number of halogens is 1. The summed E-state index contributed by atoms with van der Waals surface area (Å²) in [4.78, 5) is 32.8. The predicted molar refractivity (Wildman–Crippen MR) is 117 cm³/mol. The van der Waals surface area contributed by atoms with E-state index in [1.807, 2.05) is 6.92 Å². The number of hydrogen-bond acceptors (Lipinski definition) is 3. The van der Waals surface area contributed by atoms with Crippen LogP contribution >= 0.6 is 0 Å². The Morgan fingerprint density at radius 2 is 2.00 bits per heavy atom. The number of aryl methyl sites for hydroxylation is 1. The van der Waals surface area contributed by atoms with Gasteiger partial charge in [0, 0.05) is 49.6 Å². The van der Waals surface area contributed by atoms with E-state index in [4.69, 9.17) is 0 Å². The minimum absolute atomic E-state index is 0.120. The van der Waals surface area contributed by atoms with Gasteiger partial charge in [-0.15, -0.1) is 0 Å². The number of amides is 2. The largest absolute Gasteiger partial charge is 0.350 e. The van der Waals surface area contributed by atoms with E-state index in [9.17, 15) is 14.0 Å². The molecule has 1 aromatic carbocycles. The molecule has 6 nitrogen and oxygen atoms in total. The molecule has 5 rings (SSSR count). The summed E-state index contributed by atoms with van der Waals surface area (Å²) in [5.41, 5.74) is 2.03. The van der Waals surface area contributed by atoms with Crippen molar-refractivity contribution in [1.82, 2.24) is 20.1 Å². The Labute approximate surface area is 182 Å². The van der Waals surface area contributed by atoms with Crippen molar-refractivity contribution in [3.8, 4) is 0 Å². The molecular formula is C24H31FN4O2. The average Bonchev–Trinajstić information content (AvgIpc) is 3.24. The van der Waals surface area contributed by atoms with Crippen LogP contribution in [0.5, 0.6) is 0 Å². The summed E-state index contributed by atoms with van der Waals surface area (Å²) in [6.45, 7) is 4.62. The maximum Gasteiger partial charge on any atom is 0.267 e. The van der Waals surface area contributed by atoms with E-state index in [2.05, 4.69) is 20.1 Å². The summed E-state index contributed by atoms with van der Waals surface area (Å²) < 4.78 is 14.1. The quantitative estimate of drug-likeness (QED) is 0.791. The van der Waals surface area contributed by atoms with Crippen LogP contribution in [0, 0.1) is 12.7 Å². The molecule has 2 aliphatic heterocycles. The van der Waals surface area contributed by atoms with Crippen LogP contribution in [-0.4, -0.2) is 64.4 Å². The number of H-pyrrole nitrogens is 1. The summed E-state index contributed by atoms with van der Waals surface area (Å²) in [7, 11) is 0. The van der Waals surface area contributed by atoms with E-state index in [-0.39, 0.29) is 17.8 Å². The summed E-state index contributed by atoms with van der Waals surface area (Å²) in [6, 6.07) is 5.71. The van der Waals surface area contributed by atoms with E-state index in [0.717, 1.165) is 63.7 Å². The van der Waals surface area contributed by atoms with Crippen molar-refractivity contribution in [2.75, 3.05) is 19.6 Å². The molecule has 0 radical (unpaired) electrons. The van der Waals surface area contributed by atoms with E-state index in [1.165, 1.54) is 6.07 Å². The first-order valence-electron chi connectivity index (χ1n) is 11.6. The standard InChI is InChI=1S/C24H31FN4O2/c1-15-8-9-20(25)19-13-21(27-23(15)19)24(31)26-16-4-2-5-17(12-16)28-10-11-29-18(14-28)6-3-7-22(29)30/h8-9,13,16-18,27H,2-7,10-12,14H2,1H3,(H,26,31)/t16-,17+,18?/m1/s1. The minimum Gasteiger partial charge on any atom is -0.350 e. The number of piperazine rings is 1. The van der Waals surface area contributed by atoms with Crippen LogP contribution < -0.4 is 5.32 Å². The number of rotatable bonds is 3. The fourth-order valence-corrected chi connectivity index (χ4v) is 5.76. The van der Waals surface area contributed by atoms with Crippen molar-refractivity contribution < 1.29 is 14.0 Å². The van der Waals surface area contributed by atoms with Crippen LogP contribution in [0.2, 0.25) is 0 Å². The lowest BCUT2D eigenvalue weighted by Crippen LogP contribution is -2.60. The molecule has 2 saturated heterocycles. The number of benzene rings is 1. The van der Waals surface area contributed by atoms with Gasteiger partial charge in [0.25, 0.3) is 5.91 Å². The maximum absolute atomic E-state index is 14.1. The maximum atomic E-state index is 14.1. The number of carbonyl (C=O) groups excluding carboxylic acids is 2. The third-order valence-corrected chi connectivity index (χ3v) is 7.45. The number of nitrogens with zero attached hydrogens (tertiary/aromatic N) is 2. The van der Waals surface area contributed by atoms with Crippen molar-refractivity contribution >= 4 is 22.7 Å². The molecule has 166 valence electrons. The molecule has 2 N–H and O–H groups in total. The van der Waals surface area contributed by atoms with E-state index in [0.29, 0.717) is 41.0 Å². The molecule has 1 saturated carbocycles. The van der Waals surface area contributed by atoms with Crippen molar-refractivity contribution in [3.63, 3.8) is 0 Å². The summed E-state index contributed by atoms with van der Waals surface area (Å²) in [5, 5.41) is 3.65. The highest BCUT2D eigenvalue weighted by Gasteiger charge is 2.37. The molecule has 3 heterocycles. The summed E-state index contributed by atoms with van der Waals surface area (Å²) in [5.74, 6) is -0.160. The lowest BCUT2D eigenvalue weighted by Gasteiger charge is -2.48. The first-order chi connectivity index (χ1) is 15.0. The Morgan fingerprint density at radius 1 is 1.16 bits per heavy atom. The monoisotopic (exact) mass is 426 g/mol. The van der Waals surface area contributed by atoms with Gasteiger partial charge in [0.2, 0.25) is 5.91 Å². The zero-order valence-electron chi connectivity index (χ0n) is 18.1. The van der Waals surface area contributed by atoms with Crippen LogP contribution in [0.1, 0.15) is 61.0 Å². The van der Waals surface area contributed by atoms with Gasteiger partial charge in [-0.05, 0) is 63.1 Å². The number of hydrogen-bond donors (Lipinski definition) is 2. The van der Waals surface area contributed by atoms with E-state index >= 15 is 0 Å². The van der Waals surface area contributed by atoms with Gasteiger partial charge in [-0.1, -0.05) is 6.07 Å². The van der Waals surface area contributed by atoms with Crippen molar-refractivity contribution in [2.24, 2.45) is 0 Å². The smallest absolute Gasteiger partial charge is 0.267 e. The second kappa shape index (κ2) is 8.26. The topological polar surface area (TPSA) is 68.4 Å². The lowest BCUT2D eigenvalue weighted by atomic mass is 9.88. The zero-order chi connectivity index (χ0) is 21.5. The predicted octanol–water partition coefficient (Wildman–Crippen LogP) is 3.35. The number of fused-ring (bicyclic) bond motifs is 2. The molecule has 0 spiro atoms. The molecule has 31 heavy (non-hydrogen) atoms. The SMILES string of the molecule is Cc1ccc(F)c2cc(C(=O)N[C@@H]3CCC[C@H](N4CCN5C(=O)CCCC5C4)C3)[nH]c12. The highest BCUT2D eigenvalue weighted by Crippen LogP contribution is 2.29. The average molecular weight is 427 g/mol. The van der Waals surface area contributed by atoms with Gasteiger partial charge < -0.3 is 15.2 Å². The second-order valence-electron chi connectivity index (χ2n) is 9.45. The van der Waals surface area contributed by atoms with Crippen LogP contribution in [0.4, 0.5) is 4.39 Å². The molecule has 1 unspecified atom stereocenters. The number of nitrogens with one attached hydrogen (secondary N) is 2. The van der Waals surface area contributed by atoms with Crippen molar-refractivity contribution in [1.29, 1.82) is 0 Å². The third-order valence-electron chi connectivity index (χ3n) is 7.45. The van der Waals surface area contributed by atoms with Crippen LogP contribution in [0.15, 0.2) is 18.2 Å². The molecule has 1 aliphatic carbocycles. The molecule has 3 atom stereocenters. The third kappa shape index (κ3) is 3.95. The molecule has 7 heteroatoms. The summed E-state index contributed by atoms with van der Waals surface area (Å²) >= 11 is 0. The molecule has 2 aromatic rings. The summed E-state index contributed by atoms with van der Waals surface area (Å²) in [6.07, 6.45) is 6.93. The normalized spacial score (nSPS) is 27.4. The molecule has 2 amide bonds. The van der Waals surface area contributed by atoms with Gasteiger partial charge in [-0.2, -0.15) is 0 Å². The molecular weight excluding hydrogens is 395 g/mol. The highest BCUT2D eigenvalue weighted by atomic mass is 19.1. The first-order valence-corrected chi connectivity index (χ1v) is 11.6. The first kappa shape index (κ1) is 20.5. The van der Waals surface area contributed by atoms with E-state index in [1.54, 1.807) is 12.1 Å². The molecule has 1 aromatic heterocycles. The highest BCUT2D eigenvalue weighted by molar-refractivity contribution is 5.99. The number of aromatic nitrogens is 1. The fourth-order valence-electron chi connectivity index (χ4n) is 5.76. The van der Waals surface area contributed by atoms with Crippen LogP contribution in [0.25, 0.3) is 10.9 Å². The van der Waals surface area contributed by atoms with Gasteiger partial charge in [-0.25, -0.2) is 4.39 Å². The second-order valence-corrected chi connectivity index (χ2v) is 9.45. The molecule has 3 aliphatic rings.